The van der Waals surface area contributed by atoms with Crippen molar-refractivity contribution in [2.24, 2.45) is 0 Å². The van der Waals surface area contributed by atoms with Gasteiger partial charge in [0.05, 0.1) is 0 Å². The first-order valence-corrected chi connectivity index (χ1v) is 7.17. The maximum atomic E-state index is 13.8. The van der Waals surface area contributed by atoms with Crippen molar-refractivity contribution in [3.05, 3.63) is 70.3 Å². The molecule has 112 valence electrons. The zero-order chi connectivity index (χ0) is 15.4. The molecule has 1 nitrogen and oxygen atoms in total. The number of rotatable bonds is 5. The second-order valence-corrected chi connectivity index (χ2v) is 5.56. The second-order valence-electron chi connectivity index (χ2n) is 5.56. The van der Waals surface area contributed by atoms with Crippen LogP contribution in [0.1, 0.15) is 22.3 Å². The van der Waals surface area contributed by atoms with E-state index in [1.165, 1.54) is 28.8 Å². The Morgan fingerprint density at radius 3 is 2.33 bits per heavy atom. The molecule has 0 radical (unpaired) electrons. The Bertz CT molecular complexity index is 623. The lowest BCUT2D eigenvalue weighted by atomic mass is 9.95. The molecule has 1 atom stereocenters. The summed E-state index contributed by atoms with van der Waals surface area (Å²) < 4.78 is 26.7. The van der Waals surface area contributed by atoms with E-state index in [1.54, 1.807) is 0 Å². The molecule has 0 saturated heterocycles. The molecule has 3 heteroatoms. The van der Waals surface area contributed by atoms with Crippen LogP contribution in [-0.2, 0) is 12.8 Å². The Morgan fingerprint density at radius 1 is 0.952 bits per heavy atom. The molecule has 0 aliphatic rings. The molecule has 0 amide bonds. The third-order valence-corrected chi connectivity index (χ3v) is 3.86. The molecular formula is C18H21F2N. The number of nitrogens with one attached hydrogen (secondary N) is 1. The van der Waals surface area contributed by atoms with Crippen LogP contribution in [0.3, 0.4) is 0 Å². The van der Waals surface area contributed by atoms with E-state index < -0.39 is 11.6 Å². The van der Waals surface area contributed by atoms with Crippen molar-refractivity contribution in [3.63, 3.8) is 0 Å². The van der Waals surface area contributed by atoms with Crippen molar-refractivity contribution < 1.29 is 8.78 Å². The number of halogens is 2. The van der Waals surface area contributed by atoms with E-state index in [0.29, 0.717) is 12.0 Å². The molecule has 0 aliphatic heterocycles. The highest BCUT2D eigenvalue weighted by Gasteiger charge is 2.13. The molecule has 0 aliphatic carbocycles. The summed E-state index contributed by atoms with van der Waals surface area (Å²) in [5.41, 5.74) is 4.26. The fourth-order valence-corrected chi connectivity index (χ4v) is 2.51. The Morgan fingerprint density at radius 2 is 1.67 bits per heavy atom. The normalized spacial score (nSPS) is 12.4. The van der Waals surface area contributed by atoms with Crippen LogP contribution in [0.25, 0.3) is 0 Å². The highest BCUT2D eigenvalue weighted by atomic mass is 19.1. The van der Waals surface area contributed by atoms with E-state index in [1.807, 2.05) is 7.05 Å². The number of benzene rings is 2. The first kappa shape index (κ1) is 15.6. The minimum atomic E-state index is -0.535. The minimum Gasteiger partial charge on any atom is -0.316 e. The summed E-state index contributed by atoms with van der Waals surface area (Å²) in [7, 11) is 1.87. The van der Waals surface area contributed by atoms with E-state index >= 15 is 0 Å². The monoisotopic (exact) mass is 289 g/mol. The van der Waals surface area contributed by atoms with Crippen LogP contribution >= 0.6 is 0 Å². The third-order valence-electron chi connectivity index (χ3n) is 3.86. The summed E-state index contributed by atoms with van der Waals surface area (Å²) >= 11 is 0. The highest BCUT2D eigenvalue weighted by molar-refractivity contribution is 5.31. The van der Waals surface area contributed by atoms with Gasteiger partial charge in [-0.2, -0.15) is 0 Å². The van der Waals surface area contributed by atoms with Crippen LogP contribution in [0.15, 0.2) is 36.4 Å². The first-order valence-electron chi connectivity index (χ1n) is 7.17. The number of likely N-dealkylation sites (N-methyl/N-ethyl adjacent to an activating group) is 1. The molecule has 0 saturated carbocycles. The van der Waals surface area contributed by atoms with Crippen LogP contribution < -0.4 is 5.32 Å². The van der Waals surface area contributed by atoms with Gasteiger partial charge in [0.15, 0.2) is 0 Å². The maximum absolute atomic E-state index is 13.8. The molecule has 0 fully saturated rings. The summed E-state index contributed by atoms with van der Waals surface area (Å²) in [6.45, 7) is 4.15. The molecule has 0 heterocycles. The second kappa shape index (κ2) is 6.81. The Balaban J connectivity index is 2.14. The van der Waals surface area contributed by atoms with Crippen molar-refractivity contribution >= 4 is 0 Å². The van der Waals surface area contributed by atoms with E-state index in [-0.39, 0.29) is 6.04 Å². The van der Waals surface area contributed by atoms with Gasteiger partial charge < -0.3 is 5.32 Å². The van der Waals surface area contributed by atoms with Crippen molar-refractivity contribution in [1.29, 1.82) is 0 Å². The third kappa shape index (κ3) is 4.11. The average molecular weight is 289 g/mol. The lowest BCUT2D eigenvalue weighted by Gasteiger charge is -2.18. The van der Waals surface area contributed by atoms with Crippen molar-refractivity contribution in [2.75, 3.05) is 7.05 Å². The summed E-state index contributed by atoms with van der Waals surface area (Å²) in [6.07, 6.45) is 1.36. The fraction of sp³-hybridized carbons (Fsp3) is 0.333. The van der Waals surface area contributed by atoms with Crippen molar-refractivity contribution in [3.8, 4) is 0 Å². The predicted octanol–water partition coefficient (Wildman–Crippen LogP) is 3.95. The topological polar surface area (TPSA) is 12.0 Å². The maximum Gasteiger partial charge on any atom is 0.129 e. The van der Waals surface area contributed by atoms with Crippen LogP contribution in [-0.4, -0.2) is 13.1 Å². The van der Waals surface area contributed by atoms with Gasteiger partial charge in [0.2, 0.25) is 0 Å². The molecule has 1 N–H and O–H groups in total. The van der Waals surface area contributed by atoms with E-state index in [4.69, 9.17) is 0 Å². The molecule has 0 aromatic heterocycles. The van der Waals surface area contributed by atoms with Gasteiger partial charge in [0, 0.05) is 12.1 Å². The number of hydrogen-bond acceptors (Lipinski definition) is 1. The van der Waals surface area contributed by atoms with Gasteiger partial charge in [0.1, 0.15) is 11.6 Å². The fourth-order valence-electron chi connectivity index (χ4n) is 2.51. The largest absolute Gasteiger partial charge is 0.316 e. The molecule has 2 aromatic rings. The molecule has 2 rings (SSSR count). The Kier molecular flexibility index (Phi) is 5.07. The van der Waals surface area contributed by atoms with Gasteiger partial charge in [-0.3, -0.25) is 0 Å². The summed E-state index contributed by atoms with van der Waals surface area (Å²) in [6, 6.07) is 10.3. The average Bonchev–Trinajstić information content (AvgIpc) is 2.44. The standard InChI is InChI=1S/C18H21F2N/c1-12-4-5-13(2)15(8-12)10-17(21-3)9-14-6-7-16(19)11-18(14)20/h4-8,11,17,21H,9-10H2,1-3H3. The number of aryl methyl sites for hydroxylation is 2. The summed E-state index contributed by atoms with van der Waals surface area (Å²) in [4.78, 5) is 0. The van der Waals surface area contributed by atoms with E-state index in [2.05, 4.69) is 37.4 Å². The molecule has 0 spiro atoms. The van der Waals surface area contributed by atoms with E-state index in [0.717, 1.165) is 12.5 Å². The van der Waals surface area contributed by atoms with Crippen molar-refractivity contribution in [1.82, 2.24) is 5.32 Å². The SMILES string of the molecule is CNC(Cc1cc(C)ccc1C)Cc1ccc(F)cc1F. The zero-order valence-electron chi connectivity index (χ0n) is 12.7. The lowest BCUT2D eigenvalue weighted by molar-refractivity contribution is 0.523. The van der Waals surface area contributed by atoms with Gasteiger partial charge in [-0.25, -0.2) is 8.78 Å². The van der Waals surface area contributed by atoms with Gasteiger partial charge in [-0.05, 0) is 56.5 Å². The van der Waals surface area contributed by atoms with Crippen LogP contribution in [0.4, 0.5) is 8.78 Å². The predicted molar refractivity (Wildman–Crippen MR) is 82.5 cm³/mol. The minimum absolute atomic E-state index is 0.116. The zero-order valence-corrected chi connectivity index (χ0v) is 12.7. The van der Waals surface area contributed by atoms with Gasteiger partial charge in [0.25, 0.3) is 0 Å². The Hall–Kier alpha value is -1.74. The van der Waals surface area contributed by atoms with Gasteiger partial charge in [-0.15, -0.1) is 0 Å². The summed E-state index contributed by atoms with van der Waals surface area (Å²) in [5.74, 6) is -1.01. The van der Waals surface area contributed by atoms with Crippen LogP contribution in [0, 0.1) is 25.5 Å². The van der Waals surface area contributed by atoms with Gasteiger partial charge >= 0.3 is 0 Å². The quantitative estimate of drug-likeness (QED) is 0.878. The van der Waals surface area contributed by atoms with Crippen LogP contribution in [0.2, 0.25) is 0 Å². The molecular weight excluding hydrogens is 268 g/mol. The smallest absolute Gasteiger partial charge is 0.129 e. The molecule has 21 heavy (non-hydrogen) atoms. The molecule has 0 bridgehead atoms. The molecule has 1 unspecified atom stereocenters. The molecule has 2 aromatic carbocycles. The Labute approximate surface area is 125 Å². The summed E-state index contributed by atoms with van der Waals surface area (Å²) in [5, 5.41) is 3.23. The van der Waals surface area contributed by atoms with Crippen molar-refractivity contribution in [2.45, 2.75) is 32.7 Å². The van der Waals surface area contributed by atoms with Crippen LogP contribution in [0.5, 0.6) is 0 Å². The number of hydrogen-bond donors (Lipinski definition) is 1. The first-order chi connectivity index (χ1) is 9.99. The highest BCUT2D eigenvalue weighted by Crippen LogP contribution is 2.17. The van der Waals surface area contributed by atoms with E-state index in [9.17, 15) is 8.78 Å². The van der Waals surface area contributed by atoms with Gasteiger partial charge in [-0.1, -0.05) is 29.8 Å². The lowest BCUT2D eigenvalue weighted by Crippen LogP contribution is -2.30.